The molecule has 2 aromatic carbocycles. The van der Waals surface area contributed by atoms with Gasteiger partial charge >= 0.3 is 0 Å². The minimum atomic E-state index is -3.40. The molecule has 6 nitrogen and oxygen atoms in total. The quantitative estimate of drug-likeness (QED) is 0.275. The molecule has 0 spiro atoms. The van der Waals surface area contributed by atoms with Crippen molar-refractivity contribution in [3.05, 3.63) is 62.9 Å². The van der Waals surface area contributed by atoms with E-state index in [1.165, 1.54) is 10.0 Å². The topological polar surface area (TPSA) is 73.7 Å². The van der Waals surface area contributed by atoms with Crippen LogP contribution < -0.4 is 4.74 Å². The van der Waals surface area contributed by atoms with Crippen molar-refractivity contribution in [2.75, 3.05) is 13.1 Å². The molecule has 2 aromatic rings. The van der Waals surface area contributed by atoms with Crippen molar-refractivity contribution in [3.8, 4) is 5.75 Å². The van der Waals surface area contributed by atoms with Crippen LogP contribution in [-0.4, -0.2) is 51.7 Å². The van der Waals surface area contributed by atoms with Crippen LogP contribution in [0.5, 0.6) is 5.75 Å². The van der Waals surface area contributed by atoms with Crippen molar-refractivity contribution in [3.63, 3.8) is 0 Å². The van der Waals surface area contributed by atoms with E-state index in [9.17, 15) is 9.00 Å². The molecule has 1 aliphatic heterocycles. The first kappa shape index (κ1) is 31.8. The summed E-state index contributed by atoms with van der Waals surface area (Å²) in [5.74, 6) is -0.648. The van der Waals surface area contributed by atoms with Gasteiger partial charge in [0.15, 0.2) is 8.24 Å². The smallest absolute Gasteiger partial charge is 0.261 e. The Labute approximate surface area is 261 Å². The molecule has 0 aromatic heterocycles. The first-order valence-electron chi connectivity index (χ1n) is 14.9. The van der Waals surface area contributed by atoms with Gasteiger partial charge in [-0.15, -0.1) is 0 Å². The molecule has 3 fully saturated rings. The maximum Gasteiger partial charge on any atom is 0.261 e. The Balaban J connectivity index is 1.42. The third kappa shape index (κ3) is 6.41. The second-order valence-corrected chi connectivity index (χ2v) is 22.0. The van der Waals surface area contributed by atoms with Crippen LogP contribution in [0.3, 0.4) is 0 Å². The number of piperidine rings is 1. The number of likely N-dealkylation sites (tertiary alicyclic amines) is 1. The molecule has 42 heavy (non-hydrogen) atoms. The number of hydrogen-bond donors (Lipinski definition) is 1. The number of nitrogens with one attached hydrogen (secondary N) is 1. The van der Waals surface area contributed by atoms with Gasteiger partial charge in [-0.3, -0.25) is 13.7 Å². The van der Waals surface area contributed by atoms with Crippen LogP contribution in [0.25, 0.3) is 0 Å². The highest BCUT2D eigenvalue weighted by molar-refractivity contribution is 7.93. The fourth-order valence-corrected chi connectivity index (χ4v) is 12.7. The molecule has 2 saturated carbocycles. The van der Waals surface area contributed by atoms with E-state index in [0.717, 1.165) is 43.4 Å². The van der Waals surface area contributed by atoms with E-state index in [2.05, 4.69) is 4.90 Å². The van der Waals surface area contributed by atoms with E-state index < -0.39 is 29.9 Å². The summed E-state index contributed by atoms with van der Waals surface area (Å²) >= 11 is 12.8. The lowest BCUT2D eigenvalue weighted by Gasteiger charge is -2.46. The molecule has 2 atom stereocenters. The summed E-state index contributed by atoms with van der Waals surface area (Å²) in [6, 6.07) is 8.47. The normalized spacial score (nSPS) is 21.6. The Kier molecular flexibility index (Phi) is 8.84. The summed E-state index contributed by atoms with van der Waals surface area (Å²) in [6.07, 6.45) is 4.81. The number of benzene rings is 2. The van der Waals surface area contributed by atoms with Gasteiger partial charge in [-0.1, -0.05) is 63.1 Å². The van der Waals surface area contributed by atoms with Gasteiger partial charge < -0.3 is 4.74 Å². The maximum atomic E-state index is 15.9. The van der Waals surface area contributed by atoms with E-state index >= 15 is 4.39 Å². The zero-order valence-corrected chi connectivity index (χ0v) is 28.5. The van der Waals surface area contributed by atoms with Crippen molar-refractivity contribution in [1.29, 1.82) is 4.78 Å². The maximum absolute atomic E-state index is 15.9. The number of rotatable bonds is 9. The molecule has 1 N–H and O–H groups in total. The number of ether oxygens (including phenoxy) is 1. The van der Waals surface area contributed by atoms with Crippen LogP contribution in [-0.2, 0) is 16.5 Å². The second-order valence-electron chi connectivity index (χ2n) is 13.6. The van der Waals surface area contributed by atoms with Gasteiger partial charge in [0.25, 0.3) is 5.91 Å². The highest BCUT2D eigenvalue weighted by Gasteiger charge is 2.52. The van der Waals surface area contributed by atoms with E-state index in [-0.39, 0.29) is 27.9 Å². The lowest BCUT2D eigenvalue weighted by atomic mass is 10.0. The standard InChI is InChI=1S/C31H42Cl2FN3O3SSi/c1-31(2,3)42(4,5)37(41(35,39)22-13-14-22)30(38)24-16-23(20-11-12-20)29(17-28(24)34)40-21-8-7-15-36(18-21)19-25-26(32)9-6-10-27(25)33/h6,9-10,16-17,20-22,35H,7-8,11-15,18-19H2,1-5H3/t21-,41?/m1/s1. The van der Waals surface area contributed by atoms with Crippen LogP contribution in [0.15, 0.2) is 30.3 Å². The third-order valence-corrected chi connectivity index (χ3v) is 19.2. The Morgan fingerprint density at radius 1 is 1.14 bits per heavy atom. The van der Waals surface area contributed by atoms with Gasteiger partial charge in [0, 0.05) is 34.8 Å². The summed E-state index contributed by atoms with van der Waals surface area (Å²) in [7, 11) is -6.19. The minimum Gasteiger partial charge on any atom is -0.489 e. The van der Waals surface area contributed by atoms with Gasteiger partial charge in [-0.2, -0.15) is 0 Å². The molecule has 2 aliphatic carbocycles. The van der Waals surface area contributed by atoms with Gasteiger partial charge in [0.2, 0.25) is 0 Å². The lowest BCUT2D eigenvalue weighted by molar-refractivity contribution is 0.0832. The Morgan fingerprint density at radius 2 is 1.79 bits per heavy atom. The Bertz CT molecular complexity index is 1450. The van der Waals surface area contributed by atoms with Gasteiger partial charge in [0.1, 0.15) is 27.6 Å². The minimum absolute atomic E-state index is 0.103. The molecule has 230 valence electrons. The highest BCUT2D eigenvalue weighted by atomic mass is 35.5. The molecule has 3 aliphatic rings. The number of hydrogen-bond acceptors (Lipinski definition) is 5. The average molecular weight is 655 g/mol. The molecule has 0 bridgehead atoms. The van der Waals surface area contributed by atoms with Gasteiger partial charge in [-0.25, -0.2) is 13.4 Å². The molecule has 11 heteroatoms. The summed E-state index contributed by atoms with van der Waals surface area (Å²) < 4.78 is 46.5. The van der Waals surface area contributed by atoms with E-state index in [0.29, 0.717) is 41.7 Å². The number of halogens is 3. The largest absolute Gasteiger partial charge is 0.489 e. The molecule has 1 amide bonds. The van der Waals surface area contributed by atoms with Crippen molar-refractivity contribution in [2.45, 2.75) is 101 Å². The summed E-state index contributed by atoms with van der Waals surface area (Å²) in [4.78, 5) is 16.4. The van der Waals surface area contributed by atoms with Crippen molar-refractivity contribution >= 4 is 47.3 Å². The van der Waals surface area contributed by atoms with Crippen LogP contribution in [0.4, 0.5) is 4.39 Å². The molecule has 1 unspecified atom stereocenters. The predicted octanol–water partition coefficient (Wildman–Crippen LogP) is 8.62. The number of nitrogens with zero attached hydrogens (tertiary/aromatic N) is 2. The van der Waals surface area contributed by atoms with Crippen molar-refractivity contribution < 1.29 is 18.1 Å². The molecule has 1 heterocycles. The first-order chi connectivity index (χ1) is 19.6. The highest BCUT2D eigenvalue weighted by Crippen LogP contribution is 2.47. The zero-order chi connectivity index (χ0) is 30.6. The summed E-state index contributed by atoms with van der Waals surface area (Å²) in [5, 5.41) is 0.558. The fraction of sp³-hybridized carbons (Fsp3) is 0.581. The predicted molar refractivity (Wildman–Crippen MR) is 171 cm³/mol. The average Bonchev–Trinajstić information content (AvgIpc) is 3.79. The van der Waals surface area contributed by atoms with E-state index in [1.54, 1.807) is 6.07 Å². The van der Waals surface area contributed by atoms with Gasteiger partial charge in [0.05, 0.1) is 10.8 Å². The SMILES string of the molecule is CC(C)(C)[Si](C)(C)N(C(=O)c1cc(C2CC2)c(O[C@@H]2CCCN(Cc3c(Cl)cccc3Cl)C2)cc1F)S(=N)(=O)C1CC1. The number of amides is 1. The molecule has 5 rings (SSSR count). The number of carbonyl (C=O) groups excluding carboxylic acids is 1. The second kappa shape index (κ2) is 11.7. The van der Waals surface area contributed by atoms with Gasteiger partial charge in [-0.05, 0) is 79.8 Å². The third-order valence-electron chi connectivity index (χ3n) is 9.32. The van der Waals surface area contributed by atoms with Crippen LogP contribution >= 0.6 is 23.2 Å². The van der Waals surface area contributed by atoms with Crippen LogP contribution in [0, 0.1) is 10.6 Å². The first-order valence-corrected chi connectivity index (χ1v) is 20.2. The molecular weight excluding hydrogens is 612 g/mol. The van der Waals surface area contributed by atoms with Crippen molar-refractivity contribution in [1.82, 2.24) is 8.87 Å². The Hall–Kier alpha value is -1.65. The van der Waals surface area contributed by atoms with Crippen molar-refractivity contribution in [2.24, 2.45) is 0 Å². The monoisotopic (exact) mass is 653 g/mol. The summed E-state index contributed by atoms with van der Waals surface area (Å²) in [6.45, 7) is 12.1. The van der Waals surface area contributed by atoms with Crippen LogP contribution in [0.1, 0.15) is 86.7 Å². The number of carbonyl (C=O) groups is 1. The lowest BCUT2D eigenvalue weighted by Crippen LogP contribution is -2.60. The molecular formula is C31H42Cl2FN3O3SSi. The molecule has 1 saturated heterocycles. The Morgan fingerprint density at radius 3 is 2.36 bits per heavy atom. The van der Waals surface area contributed by atoms with E-state index in [4.69, 9.17) is 32.7 Å². The molecule has 0 radical (unpaired) electrons. The zero-order valence-electron chi connectivity index (χ0n) is 25.1. The fourth-order valence-electron chi connectivity index (χ4n) is 5.56. The summed E-state index contributed by atoms with van der Waals surface area (Å²) in [5.41, 5.74) is 1.61. The van der Waals surface area contributed by atoms with E-state index in [1.807, 2.05) is 52.1 Å². The van der Waals surface area contributed by atoms with Crippen LogP contribution in [0.2, 0.25) is 28.2 Å².